The predicted molar refractivity (Wildman–Crippen MR) is 80.7 cm³/mol. The number of nitrogens with zero attached hydrogens (tertiary/aromatic N) is 1. The van der Waals surface area contributed by atoms with Crippen molar-refractivity contribution in [3.05, 3.63) is 21.9 Å². The van der Waals surface area contributed by atoms with Crippen molar-refractivity contribution in [2.24, 2.45) is 0 Å². The van der Waals surface area contributed by atoms with Crippen LogP contribution in [0.15, 0.2) is 12.1 Å². The number of nitrogens with one attached hydrogen (secondary N) is 1. The minimum Gasteiger partial charge on any atom is -0.465 e. The number of rotatable bonds is 3. The Kier molecular flexibility index (Phi) is 4.26. The molecule has 0 aromatic carbocycles. The highest BCUT2D eigenvalue weighted by Gasteiger charge is 2.36. The number of carbonyl (C=O) groups is 2. The van der Waals surface area contributed by atoms with Crippen LogP contribution < -0.4 is 5.32 Å². The van der Waals surface area contributed by atoms with Gasteiger partial charge in [-0.05, 0) is 37.9 Å². The van der Waals surface area contributed by atoms with Crippen molar-refractivity contribution in [3.63, 3.8) is 0 Å². The summed E-state index contributed by atoms with van der Waals surface area (Å²) in [5, 5.41) is 3.14. The number of amides is 1. The number of ether oxygens (including phenoxy) is 1. The summed E-state index contributed by atoms with van der Waals surface area (Å²) in [6.07, 6.45) is 4.71. The van der Waals surface area contributed by atoms with Gasteiger partial charge in [0, 0.05) is 18.6 Å². The summed E-state index contributed by atoms with van der Waals surface area (Å²) in [6.45, 7) is 2.23. The van der Waals surface area contributed by atoms with Gasteiger partial charge in [-0.25, -0.2) is 4.79 Å². The molecule has 0 radical (unpaired) electrons. The van der Waals surface area contributed by atoms with Crippen LogP contribution in [0.5, 0.6) is 0 Å². The molecule has 2 aliphatic rings. The smallest absolute Gasteiger partial charge is 0.348 e. The molecule has 0 aliphatic carbocycles. The Morgan fingerprint density at radius 1 is 1.24 bits per heavy atom. The van der Waals surface area contributed by atoms with Gasteiger partial charge in [-0.15, -0.1) is 11.3 Å². The molecule has 0 bridgehead atoms. The van der Waals surface area contributed by atoms with Crippen LogP contribution in [0.3, 0.4) is 0 Å². The first-order valence-electron chi connectivity index (χ1n) is 7.42. The predicted octanol–water partition coefficient (Wildman–Crippen LogP) is 1.89. The maximum absolute atomic E-state index is 12.3. The Hall–Kier alpha value is -1.40. The molecule has 1 amide bonds. The lowest BCUT2D eigenvalue weighted by atomic mass is 9.99. The molecule has 1 N–H and O–H groups in total. The Morgan fingerprint density at radius 3 is 2.86 bits per heavy atom. The monoisotopic (exact) mass is 308 g/mol. The first-order valence-corrected chi connectivity index (χ1v) is 8.24. The third-order valence-electron chi connectivity index (χ3n) is 4.39. The number of fused-ring (bicyclic) bond motifs is 1. The van der Waals surface area contributed by atoms with Gasteiger partial charge in [0.25, 0.3) is 5.91 Å². The van der Waals surface area contributed by atoms with Gasteiger partial charge in [-0.3, -0.25) is 9.69 Å². The maximum Gasteiger partial charge on any atom is 0.348 e. The van der Waals surface area contributed by atoms with Crippen LogP contribution in [-0.2, 0) is 4.74 Å². The lowest BCUT2D eigenvalue weighted by Gasteiger charge is -2.32. The molecule has 0 unspecified atom stereocenters. The van der Waals surface area contributed by atoms with Gasteiger partial charge in [-0.2, -0.15) is 0 Å². The van der Waals surface area contributed by atoms with Crippen molar-refractivity contribution in [1.29, 1.82) is 0 Å². The largest absolute Gasteiger partial charge is 0.465 e. The number of hydrogen-bond acceptors (Lipinski definition) is 5. The molecule has 2 atom stereocenters. The lowest BCUT2D eigenvalue weighted by Crippen LogP contribution is -2.46. The molecule has 6 heteroatoms. The van der Waals surface area contributed by atoms with E-state index in [0.717, 1.165) is 19.5 Å². The molecule has 0 spiro atoms. The highest BCUT2D eigenvalue weighted by atomic mass is 32.1. The maximum atomic E-state index is 12.3. The zero-order valence-corrected chi connectivity index (χ0v) is 12.9. The fourth-order valence-electron chi connectivity index (χ4n) is 3.33. The van der Waals surface area contributed by atoms with E-state index in [2.05, 4.69) is 15.0 Å². The Morgan fingerprint density at radius 2 is 2.05 bits per heavy atom. The third-order valence-corrected chi connectivity index (χ3v) is 5.45. The average molecular weight is 308 g/mol. The molecule has 2 aliphatic heterocycles. The second-order valence-electron chi connectivity index (χ2n) is 5.62. The molecule has 3 rings (SSSR count). The standard InChI is InChI=1S/C15H20N2O3S/c1-20-15(19)13-6-5-12(21-13)14(18)16-10-7-9-17-8-3-2-4-11(10)17/h5-6,10-11H,2-4,7-9H2,1H3,(H,16,18)/t10-,11+/m1/s1. The normalized spacial score (nSPS) is 25.4. The van der Waals surface area contributed by atoms with Gasteiger partial charge in [0.2, 0.25) is 0 Å². The molecule has 5 nitrogen and oxygen atoms in total. The first kappa shape index (κ1) is 14.5. The Labute approximate surface area is 128 Å². The van der Waals surface area contributed by atoms with Gasteiger partial charge in [-0.1, -0.05) is 6.42 Å². The average Bonchev–Trinajstić information content (AvgIpc) is 3.14. The number of thiophene rings is 1. The van der Waals surface area contributed by atoms with Gasteiger partial charge >= 0.3 is 5.97 Å². The SMILES string of the molecule is COC(=O)c1ccc(C(=O)N[C@@H]2CCN3CCCC[C@@H]23)s1. The van der Waals surface area contributed by atoms with Crippen LogP contribution in [0, 0.1) is 0 Å². The van der Waals surface area contributed by atoms with Crippen molar-refractivity contribution < 1.29 is 14.3 Å². The molecule has 1 aromatic rings. The van der Waals surface area contributed by atoms with Gasteiger partial charge in [0.05, 0.1) is 12.0 Å². The summed E-state index contributed by atoms with van der Waals surface area (Å²) >= 11 is 1.19. The van der Waals surface area contributed by atoms with E-state index < -0.39 is 5.97 Å². The van der Waals surface area contributed by atoms with E-state index in [1.54, 1.807) is 12.1 Å². The fraction of sp³-hybridized carbons (Fsp3) is 0.600. The van der Waals surface area contributed by atoms with Gasteiger partial charge in [0.15, 0.2) is 0 Å². The Bertz CT molecular complexity index is 543. The van der Waals surface area contributed by atoms with Gasteiger partial charge in [0.1, 0.15) is 4.88 Å². The van der Waals surface area contributed by atoms with Gasteiger partial charge < -0.3 is 10.1 Å². The minimum absolute atomic E-state index is 0.0763. The zero-order valence-electron chi connectivity index (χ0n) is 12.1. The molecular formula is C15H20N2O3S. The van der Waals surface area contributed by atoms with Crippen molar-refractivity contribution in [2.75, 3.05) is 20.2 Å². The second kappa shape index (κ2) is 6.15. The molecule has 21 heavy (non-hydrogen) atoms. The van der Waals surface area contributed by atoms with Crippen molar-refractivity contribution in [1.82, 2.24) is 10.2 Å². The fourth-order valence-corrected chi connectivity index (χ4v) is 4.15. The van der Waals surface area contributed by atoms with E-state index in [9.17, 15) is 9.59 Å². The summed E-state index contributed by atoms with van der Waals surface area (Å²) < 4.78 is 4.67. The topological polar surface area (TPSA) is 58.6 Å². The molecular weight excluding hydrogens is 288 g/mol. The zero-order chi connectivity index (χ0) is 14.8. The highest BCUT2D eigenvalue weighted by molar-refractivity contribution is 7.15. The van der Waals surface area contributed by atoms with Crippen molar-refractivity contribution in [2.45, 2.75) is 37.8 Å². The van der Waals surface area contributed by atoms with Crippen molar-refractivity contribution >= 4 is 23.2 Å². The lowest BCUT2D eigenvalue weighted by molar-refractivity contribution is 0.0606. The van der Waals surface area contributed by atoms with Crippen LogP contribution in [-0.4, -0.2) is 49.1 Å². The van der Waals surface area contributed by atoms with Crippen LogP contribution in [0.1, 0.15) is 45.0 Å². The number of esters is 1. The summed E-state index contributed by atoms with van der Waals surface area (Å²) in [5.74, 6) is -0.467. The highest BCUT2D eigenvalue weighted by Crippen LogP contribution is 2.27. The van der Waals surface area contributed by atoms with E-state index in [-0.39, 0.29) is 11.9 Å². The van der Waals surface area contributed by atoms with Crippen LogP contribution in [0.4, 0.5) is 0 Å². The number of methoxy groups -OCH3 is 1. The van der Waals surface area contributed by atoms with E-state index in [4.69, 9.17) is 0 Å². The minimum atomic E-state index is -0.390. The van der Waals surface area contributed by atoms with E-state index in [0.29, 0.717) is 15.8 Å². The van der Waals surface area contributed by atoms with Crippen LogP contribution in [0.25, 0.3) is 0 Å². The van der Waals surface area contributed by atoms with E-state index in [1.807, 2.05) is 0 Å². The summed E-state index contributed by atoms with van der Waals surface area (Å²) in [5.41, 5.74) is 0. The molecule has 3 heterocycles. The number of hydrogen-bond donors (Lipinski definition) is 1. The first-order chi connectivity index (χ1) is 10.2. The molecule has 1 aromatic heterocycles. The Balaban J connectivity index is 1.63. The summed E-state index contributed by atoms with van der Waals surface area (Å²) in [7, 11) is 1.35. The van der Waals surface area contributed by atoms with Crippen molar-refractivity contribution in [3.8, 4) is 0 Å². The molecule has 2 saturated heterocycles. The molecule has 2 fully saturated rings. The molecule has 0 saturated carbocycles. The number of piperidine rings is 1. The quantitative estimate of drug-likeness (QED) is 0.866. The third kappa shape index (κ3) is 2.96. The van der Waals surface area contributed by atoms with E-state index in [1.165, 1.54) is 37.7 Å². The number of carbonyl (C=O) groups excluding carboxylic acids is 2. The summed E-state index contributed by atoms with van der Waals surface area (Å²) in [4.78, 5) is 27.3. The van der Waals surface area contributed by atoms with Crippen LogP contribution >= 0.6 is 11.3 Å². The van der Waals surface area contributed by atoms with E-state index >= 15 is 0 Å². The second-order valence-corrected chi connectivity index (χ2v) is 6.71. The van der Waals surface area contributed by atoms with Crippen LogP contribution in [0.2, 0.25) is 0 Å². The molecule has 114 valence electrons. The summed E-state index contributed by atoms with van der Waals surface area (Å²) in [6, 6.07) is 4.07.